The van der Waals surface area contributed by atoms with Crippen molar-refractivity contribution in [2.75, 3.05) is 0 Å². The molecule has 4 N–H and O–H groups in total. The maximum Gasteiger partial charge on any atom is 0.290 e. The summed E-state index contributed by atoms with van der Waals surface area (Å²) < 4.78 is 0. The molecule has 14 heavy (non-hydrogen) atoms. The van der Waals surface area contributed by atoms with E-state index in [1.807, 2.05) is 0 Å². The molecule has 0 rings (SSSR count). The van der Waals surface area contributed by atoms with Gasteiger partial charge in [0.15, 0.2) is 0 Å². The Balaban J connectivity index is -0.0000000145. The summed E-state index contributed by atoms with van der Waals surface area (Å²) in [4.78, 5) is 33.4. The van der Waals surface area contributed by atoms with Gasteiger partial charge in [0.2, 0.25) is 0 Å². The smallest absolute Gasteiger partial charge is 0.290 e. The summed E-state index contributed by atoms with van der Waals surface area (Å²) in [6.07, 6.45) is 0. The van der Waals surface area contributed by atoms with Crippen LogP contribution >= 0.6 is 0 Å². The maximum absolute atomic E-state index is 8.36. The van der Waals surface area contributed by atoms with E-state index in [4.69, 9.17) is 39.6 Å². The van der Waals surface area contributed by atoms with Gasteiger partial charge >= 0.3 is 0 Å². The Morgan fingerprint density at radius 3 is 0.571 bits per heavy atom. The van der Waals surface area contributed by atoms with E-state index in [0.29, 0.717) is 0 Å². The predicted molar refractivity (Wildman–Crippen MR) is 34.8 cm³/mol. The molecule has 0 aliphatic rings. The van der Waals surface area contributed by atoms with Crippen LogP contribution in [0.1, 0.15) is 0 Å². The Kier molecular flexibility index (Phi) is 457. The summed E-state index contributed by atoms with van der Waals surface area (Å²) in [7, 11) is 0. The minimum Gasteiger partial charge on any atom is -0.483 e. The molecule has 0 heterocycles. The van der Waals surface area contributed by atoms with Gasteiger partial charge in [-0.1, -0.05) is 0 Å². The summed E-state index contributed by atoms with van der Waals surface area (Å²) in [5.74, 6) is 0. The van der Waals surface area contributed by atoms with Gasteiger partial charge < -0.3 is 20.4 Å². The molecule has 0 unspecified atom stereocenters. The van der Waals surface area contributed by atoms with Crippen molar-refractivity contribution in [3.63, 3.8) is 0 Å². The average Bonchev–Trinajstić information content (AvgIpc) is 1.92. The zero-order chi connectivity index (χ0) is 10.8. The maximum atomic E-state index is 8.36. The van der Waals surface area contributed by atoms with Gasteiger partial charge in [-0.3, -0.25) is 19.2 Å². The van der Waals surface area contributed by atoms with Crippen molar-refractivity contribution in [1.82, 2.24) is 0 Å². The summed E-state index contributed by atoms with van der Waals surface area (Å²) in [5, 5.41) is 27.6. The van der Waals surface area contributed by atoms with Crippen LogP contribution in [0.25, 0.3) is 0 Å². The van der Waals surface area contributed by atoms with Crippen molar-refractivity contribution in [1.29, 1.82) is 0 Å². The van der Waals surface area contributed by atoms with Crippen molar-refractivity contribution in [3.05, 3.63) is 0 Å². The first kappa shape index (κ1) is 38.3. The van der Waals surface area contributed by atoms with Crippen LogP contribution in [-0.2, 0) is 53.3 Å². The zero-order valence-electron chi connectivity index (χ0n) is 6.41. The van der Waals surface area contributed by atoms with E-state index < -0.39 is 0 Å². The number of hydrogen-bond acceptors (Lipinski definition) is 4. The Morgan fingerprint density at radius 1 is 0.571 bits per heavy atom. The van der Waals surface area contributed by atoms with Gasteiger partial charge in [0.25, 0.3) is 25.9 Å². The number of carbonyl (C=O) groups is 4. The minimum absolute atomic E-state index is 0. The first-order valence-electron chi connectivity index (χ1n) is 1.98. The molecule has 0 amide bonds. The third kappa shape index (κ3) is 919. The van der Waals surface area contributed by atoms with E-state index in [1.165, 1.54) is 0 Å². The van der Waals surface area contributed by atoms with E-state index in [1.54, 1.807) is 0 Å². The fourth-order valence-corrected chi connectivity index (χ4v) is 0. The Morgan fingerprint density at radius 2 is 0.571 bits per heavy atom. The van der Waals surface area contributed by atoms with Gasteiger partial charge in [0, 0.05) is 34.1 Å². The van der Waals surface area contributed by atoms with Crippen LogP contribution in [0, 0.1) is 0 Å². The second-order valence-corrected chi connectivity index (χ2v) is 0.422. The second-order valence-electron chi connectivity index (χ2n) is 0.422. The molecule has 0 aliphatic heterocycles. The molecule has 0 saturated heterocycles. The van der Waals surface area contributed by atoms with Gasteiger partial charge in [0.1, 0.15) is 0 Å². The van der Waals surface area contributed by atoms with Crippen LogP contribution in [0.3, 0.4) is 0 Å². The van der Waals surface area contributed by atoms with Crippen molar-refractivity contribution >= 4 is 25.9 Å². The molecular weight excluding hydrogens is 295 g/mol. The quantitative estimate of drug-likeness (QED) is 0.322. The number of carboxylic acid groups (broad SMARTS) is 4. The molecule has 2 radical (unpaired) electrons. The molecule has 0 aromatic rings. The van der Waals surface area contributed by atoms with Crippen molar-refractivity contribution in [3.8, 4) is 0 Å². The van der Waals surface area contributed by atoms with Crippen LogP contribution in [0.15, 0.2) is 0 Å². The van der Waals surface area contributed by atoms with Crippen molar-refractivity contribution in [2.45, 2.75) is 0 Å². The van der Waals surface area contributed by atoms with Gasteiger partial charge in [-0.05, 0) is 0 Å². The standard InChI is InChI=1S/4CH2O2.Cu.Mn/c4*2-1-3;;/h4*1H,(H,2,3);;. The third-order valence-electron chi connectivity index (χ3n) is 0. The second kappa shape index (κ2) is 167. The topological polar surface area (TPSA) is 149 Å². The molecule has 8 nitrogen and oxygen atoms in total. The summed E-state index contributed by atoms with van der Waals surface area (Å²) in [6, 6.07) is 0. The molecule has 10 heteroatoms. The van der Waals surface area contributed by atoms with Crippen molar-refractivity contribution in [2.24, 2.45) is 0 Å². The molecule has 0 atom stereocenters. The van der Waals surface area contributed by atoms with Crippen molar-refractivity contribution < 1.29 is 73.7 Å². The molecule has 0 saturated carbocycles. The van der Waals surface area contributed by atoms with Crippen LogP contribution in [0.2, 0.25) is 0 Å². The first-order chi connectivity index (χ1) is 5.66. The van der Waals surface area contributed by atoms with E-state index >= 15 is 0 Å². The molecule has 0 bridgehead atoms. The summed E-state index contributed by atoms with van der Waals surface area (Å²) >= 11 is 0. The predicted octanol–water partition coefficient (Wildman–Crippen LogP) is -1.20. The zero-order valence-corrected chi connectivity index (χ0v) is 8.53. The summed E-state index contributed by atoms with van der Waals surface area (Å²) in [6.45, 7) is -1.00. The van der Waals surface area contributed by atoms with Gasteiger partial charge in [-0.25, -0.2) is 0 Å². The van der Waals surface area contributed by atoms with E-state index in [0.717, 1.165) is 0 Å². The van der Waals surface area contributed by atoms with E-state index in [-0.39, 0.29) is 60.0 Å². The third-order valence-corrected chi connectivity index (χ3v) is 0. The Bertz CT molecular complexity index is 75.3. The largest absolute Gasteiger partial charge is 0.483 e. The van der Waals surface area contributed by atoms with Crippen LogP contribution < -0.4 is 0 Å². The normalized spacial score (nSPS) is 3.43. The molecule has 0 aromatic heterocycles. The monoisotopic (exact) mass is 302 g/mol. The summed E-state index contributed by atoms with van der Waals surface area (Å²) in [5.41, 5.74) is 0. The Labute approximate surface area is 99.9 Å². The SMILES string of the molecule is O=CO.O=CO.O=CO.O=CO.[Cu].[Mn]. The molecule has 0 fully saturated rings. The molecule has 0 aromatic carbocycles. The molecule has 0 aliphatic carbocycles. The van der Waals surface area contributed by atoms with E-state index in [2.05, 4.69) is 0 Å². The van der Waals surface area contributed by atoms with Gasteiger partial charge in [-0.2, -0.15) is 0 Å². The fraction of sp³-hybridized carbons (Fsp3) is 0. The Hall–Kier alpha value is -1.08. The molecule has 0 spiro atoms. The fourth-order valence-electron chi connectivity index (χ4n) is 0. The van der Waals surface area contributed by atoms with Crippen LogP contribution in [-0.4, -0.2) is 46.3 Å². The van der Waals surface area contributed by atoms with Gasteiger partial charge in [0.05, 0.1) is 0 Å². The molecule has 90 valence electrons. The average molecular weight is 303 g/mol. The molecular formula is C4H8CuMnO8. The van der Waals surface area contributed by atoms with Crippen LogP contribution in [0.5, 0.6) is 0 Å². The van der Waals surface area contributed by atoms with Crippen LogP contribution in [0.4, 0.5) is 0 Å². The number of rotatable bonds is 0. The minimum atomic E-state index is -0.250. The first-order valence-corrected chi connectivity index (χ1v) is 1.98. The van der Waals surface area contributed by atoms with E-state index in [9.17, 15) is 0 Å². The number of hydrogen-bond donors (Lipinski definition) is 4. The van der Waals surface area contributed by atoms with Gasteiger partial charge in [-0.15, -0.1) is 0 Å².